The lowest BCUT2D eigenvalue weighted by atomic mass is 10.0. The summed E-state index contributed by atoms with van der Waals surface area (Å²) in [5.41, 5.74) is 10.3. The van der Waals surface area contributed by atoms with Crippen LogP contribution in [-0.2, 0) is 0 Å². The zero-order valence-electron chi connectivity index (χ0n) is 6.90. The number of nitrogens with zero attached hydrogens (tertiary/aromatic N) is 2. The van der Waals surface area contributed by atoms with Crippen molar-refractivity contribution in [2.45, 2.75) is 19.3 Å². The molecule has 1 N–H and O–H groups in total. The minimum Gasteiger partial charge on any atom is -0.396 e. The number of allylic oxidation sites excluding steroid dienone is 4. The van der Waals surface area contributed by atoms with Crippen LogP contribution in [0.25, 0.3) is 5.53 Å². The molecule has 12 heavy (non-hydrogen) atoms. The highest BCUT2D eigenvalue weighted by atomic mass is 16.2. The standard InChI is InChI=1S/C9H12N2O/c10-11-9-5-3-8(4-6-9)2-1-7-12/h3-5,12H,1-2,6-7H2. The van der Waals surface area contributed by atoms with Gasteiger partial charge in [-0.15, -0.1) is 0 Å². The summed E-state index contributed by atoms with van der Waals surface area (Å²) in [5.74, 6) is 0. The largest absolute Gasteiger partial charge is 0.396 e. The Labute approximate surface area is 71.7 Å². The monoisotopic (exact) mass is 164 g/mol. The molecule has 0 heterocycles. The predicted octanol–water partition coefficient (Wildman–Crippen LogP) is 1.32. The van der Waals surface area contributed by atoms with E-state index in [1.807, 2.05) is 12.2 Å². The lowest BCUT2D eigenvalue weighted by Crippen LogP contribution is -1.99. The third-order valence-corrected chi connectivity index (χ3v) is 1.82. The van der Waals surface area contributed by atoms with E-state index in [1.165, 1.54) is 5.57 Å². The van der Waals surface area contributed by atoms with Gasteiger partial charge in [-0.25, -0.2) is 0 Å². The maximum Gasteiger partial charge on any atom is 0.295 e. The Morgan fingerprint density at radius 3 is 2.83 bits per heavy atom. The van der Waals surface area contributed by atoms with Crippen molar-refractivity contribution in [2.75, 3.05) is 6.61 Å². The van der Waals surface area contributed by atoms with Crippen molar-refractivity contribution >= 4 is 5.71 Å². The van der Waals surface area contributed by atoms with Crippen molar-refractivity contribution < 1.29 is 9.90 Å². The molecule has 0 saturated heterocycles. The highest BCUT2D eigenvalue weighted by Gasteiger charge is 2.06. The van der Waals surface area contributed by atoms with E-state index in [0.717, 1.165) is 12.8 Å². The second-order valence-corrected chi connectivity index (χ2v) is 2.73. The van der Waals surface area contributed by atoms with Crippen LogP contribution in [-0.4, -0.2) is 22.2 Å². The molecule has 0 fully saturated rings. The fourth-order valence-corrected chi connectivity index (χ4v) is 1.12. The predicted molar refractivity (Wildman–Crippen MR) is 46.8 cm³/mol. The van der Waals surface area contributed by atoms with Gasteiger partial charge in [0.25, 0.3) is 5.71 Å². The minimum absolute atomic E-state index is 0.228. The first-order valence-corrected chi connectivity index (χ1v) is 4.05. The maximum absolute atomic E-state index is 8.58. The Balaban J connectivity index is 2.46. The molecule has 1 aliphatic rings. The molecule has 3 nitrogen and oxygen atoms in total. The number of aliphatic hydroxyl groups excluding tert-OH is 1. The average Bonchev–Trinajstić information content (AvgIpc) is 2.15. The van der Waals surface area contributed by atoms with E-state index in [9.17, 15) is 0 Å². The van der Waals surface area contributed by atoms with Gasteiger partial charge >= 0.3 is 0 Å². The topological polar surface area (TPSA) is 56.6 Å². The summed E-state index contributed by atoms with van der Waals surface area (Å²) >= 11 is 0. The second kappa shape index (κ2) is 4.65. The number of aliphatic hydroxyl groups is 1. The van der Waals surface area contributed by atoms with Crippen LogP contribution in [0, 0.1) is 0 Å². The summed E-state index contributed by atoms with van der Waals surface area (Å²) in [6.45, 7) is 0.228. The maximum atomic E-state index is 8.58. The van der Waals surface area contributed by atoms with Crippen LogP contribution < -0.4 is 0 Å². The van der Waals surface area contributed by atoms with Crippen LogP contribution in [0.1, 0.15) is 19.3 Å². The molecule has 3 heteroatoms. The fraction of sp³-hybridized carbons (Fsp3) is 0.444. The third-order valence-electron chi connectivity index (χ3n) is 1.82. The Morgan fingerprint density at radius 2 is 2.33 bits per heavy atom. The van der Waals surface area contributed by atoms with Crippen LogP contribution in [0.2, 0.25) is 0 Å². The lowest BCUT2D eigenvalue weighted by molar-refractivity contribution is -0.00541. The quantitative estimate of drug-likeness (QED) is 0.496. The van der Waals surface area contributed by atoms with E-state index in [4.69, 9.17) is 10.6 Å². The number of rotatable bonds is 3. The lowest BCUT2D eigenvalue weighted by Gasteiger charge is -2.02. The minimum atomic E-state index is 0.228. The molecule has 0 spiro atoms. The first-order valence-electron chi connectivity index (χ1n) is 4.05. The SMILES string of the molecule is [N-]=[N+]=C1C=CC(CCCO)=CC1. The first-order chi connectivity index (χ1) is 5.86. The zero-order chi connectivity index (χ0) is 8.81. The van der Waals surface area contributed by atoms with E-state index >= 15 is 0 Å². The van der Waals surface area contributed by atoms with Crippen molar-refractivity contribution in [1.29, 1.82) is 0 Å². The van der Waals surface area contributed by atoms with Gasteiger partial charge in [-0.05, 0) is 12.8 Å². The number of hydrogen-bond acceptors (Lipinski definition) is 1. The van der Waals surface area contributed by atoms with Crippen molar-refractivity contribution in [3.63, 3.8) is 0 Å². The van der Waals surface area contributed by atoms with Crippen LogP contribution >= 0.6 is 0 Å². The van der Waals surface area contributed by atoms with Gasteiger partial charge in [0.2, 0.25) is 0 Å². The molecule has 0 amide bonds. The molecule has 0 bridgehead atoms. The van der Waals surface area contributed by atoms with Crippen LogP contribution in [0.15, 0.2) is 23.8 Å². The molecule has 0 radical (unpaired) electrons. The summed E-state index contributed by atoms with van der Waals surface area (Å²) in [6.07, 6.45) is 8.12. The third kappa shape index (κ3) is 2.46. The smallest absolute Gasteiger partial charge is 0.295 e. The molecule has 0 saturated carbocycles. The molecule has 1 aliphatic carbocycles. The Kier molecular flexibility index (Phi) is 3.45. The zero-order valence-corrected chi connectivity index (χ0v) is 6.90. The summed E-state index contributed by atoms with van der Waals surface area (Å²) in [4.78, 5) is 3.10. The Hall–Kier alpha value is -1.18. The second-order valence-electron chi connectivity index (χ2n) is 2.73. The van der Waals surface area contributed by atoms with Gasteiger partial charge < -0.3 is 10.6 Å². The highest BCUT2D eigenvalue weighted by Crippen LogP contribution is 2.12. The first kappa shape index (κ1) is 8.91. The summed E-state index contributed by atoms with van der Waals surface area (Å²) < 4.78 is 0. The molecule has 0 atom stereocenters. The van der Waals surface area contributed by atoms with Crippen molar-refractivity contribution in [3.05, 3.63) is 29.3 Å². The van der Waals surface area contributed by atoms with Gasteiger partial charge in [0, 0.05) is 12.7 Å². The molecule has 0 aromatic rings. The fourth-order valence-electron chi connectivity index (χ4n) is 1.12. The molecule has 0 aliphatic heterocycles. The van der Waals surface area contributed by atoms with Gasteiger partial charge in [0.1, 0.15) is 0 Å². The normalized spacial score (nSPS) is 15.8. The summed E-state index contributed by atoms with van der Waals surface area (Å²) in [7, 11) is 0. The molecule has 0 aromatic heterocycles. The van der Waals surface area contributed by atoms with Crippen molar-refractivity contribution in [1.82, 2.24) is 0 Å². The number of hydrogen-bond donors (Lipinski definition) is 1. The molecular weight excluding hydrogens is 152 g/mol. The Morgan fingerprint density at radius 1 is 1.50 bits per heavy atom. The molecule has 64 valence electrons. The summed E-state index contributed by atoms with van der Waals surface area (Å²) in [6, 6.07) is 0. The van der Waals surface area contributed by atoms with Crippen molar-refractivity contribution in [3.8, 4) is 0 Å². The molecule has 0 unspecified atom stereocenters. The van der Waals surface area contributed by atoms with E-state index in [0.29, 0.717) is 12.1 Å². The van der Waals surface area contributed by atoms with E-state index in [1.54, 1.807) is 6.08 Å². The van der Waals surface area contributed by atoms with Gasteiger partial charge in [-0.2, -0.15) is 4.79 Å². The van der Waals surface area contributed by atoms with Gasteiger partial charge in [-0.1, -0.05) is 17.7 Å². The van der Waals surface area contributed by atoms with Crippen LogP contribution in [0.3, 0.4) is 0 Å². The molecule has 1 rings (SSSR count). The van der Waals surface area contributed by atoms with E-state index < -0.39 is 0 Å². The van der Waals surface area contributed by atoms with Gasteiger partial charge in [0.05, 0.1) is 6.42 Å². The molecular formula is C9H12N2O. The van der Waals surface area contributed by atoms with Crippen LogP contribution in [0.4, 0.5) is 0 Å². The van der Waals surface area contributed by atoms with E-state index in [2.05, 4.69) is 4.79 Å². The van der Waals surface area contributed by atoms with Crippen LogP contribution in [0.5, 0.6) is 0 Å². The average molecular weight is 164 g/mol. The Bertz CT molecular complexity index is 260. The van der Waals surface area contributed by atoms with E-state index in [-0.39, 0.29) is 6.61 Å². The van der Waals surface area contributed by atoms with Crippen molar-refractivity contribution in [2.24, 2.45) is 0 Å². The highest BCUT2D eigenvalue weighted by molar-refractivity contribution is 5.93. The summed E-state index contributed by atoms with van der Waals surface area (Å²) in [5, 5.41) is 8.58. The van der Waals surface area contributed by atoms with Gasteiger partial charge in [0.15, 0.2) is 0 Å². The molecule has 0 aromatic carbocycles. The van der Waals surface area contributed by atoms with Gasteiger partial charge in [-0.3, -0.25) is 0 Å².